The standard InChI is InChI=1S/C12H17NO/c1-5-11(13-14)12-9(3)6-8(2)7-10(12)4/h6-7,14H,5H2,1-4H3/b13-11+. The Morgan fingerprint density at radius 2 is 1.71 bits per heavy atom. The van der Waals surface area contributed by atoms with E-state index in [2.05, 4.69) is 38.1 Å². The minimum atomic E-state index is 0.751. The zero-order valence-corrected chi connectivity index (χ0v) is 9.26. The molecule has 0 saturated heterocycles. The van der Waals surface area contributed by atoms with Gasteiger partial charge in [0, 0.05) is 5.56 Å². The molecule has 1 rings (SSSR count). The highest BCUT2D eigenvalue weighted by Crippen LogP contribution is 2.18. The molecule has 0 spiro atoms. The highest BCUT2D eigenvalue weighted by molar-refractivity contribution is 6.02. The summed E-state index contributed by atoms with van der Waals surface area (Å²) in [4.78, 5) is 0. The van der Waals surface area contributed by atoms with Crippen molar-refractivity contribution in [1.29, 1.82) is 0 Å². The smallest absolute Gasteiger partial charge is 0.0870 e. The Bertz CT molecular complexity index is 344. The van der Waals surface area contributed by atoms with Crippen LogP contribution in [0.2, 0.25) is 0 Å². The fourth-order valence-corrected chi connectivity index (χ4v) is 1.93. The van der Waals surface area contributed by atoms with Crippen LogP contribution in [0.15, 0.2) is 17.3 Å². The van der Waals surface area contributed by atoms with Crippen molar-refractivity contribution in [3.63, 3.8) is 0 Å². The number of hydrogen-bond acceptors (Lipinski definition) is 2. The van der Waals surface area contributed by atoms with Crippen LogP contribution in [0, 0.1) is 20.8 Å². The monoisotopic (exact) mass is 191 g/mol. The van der Waals surface area contributed by atoms with Gasteiger partial charge in [-0.25, -0.2) is 0 Å². The molecule has 0 aliphatic rings. The molecule has 2 heteroatoms. The third-order valence-electron chi connectivity index (χ3n) is 2.42. The molecule has 0 amide bonds. The van der Waals surface area contributed by atoms with E-state index in [9.17, 15) is 0 Å². The first-order valence-corrected chi connectivity index (χ1v) is 4.89. The van der Waals surface area contributed by atoms with Crippen LogP contribution in [0.25, 0.3) is 0 Å². The quantitative estimate of drug-likeness (QED) is 0.434. The van der Waals surface area contributed by atoms with Gasteiger partial charge < -0.3 is 5.21 Å². The highest BCUT2D eigenvalue weighted by atomic mass is 16.4. The van der Waals surface area contributed by atoms with E-state index in [1.807, 2.05) is 6.92 Å². The van der Waals surface area contributed by atoms with Crippen LogP contribution in [-0.4, -0.2) is 10.9 Å². The van der Waals surface area contributed by atoms with Gasteiger partial charge in [0.05, 0.1) is 5.71 Å². The number of hydrogen-bond donors (Lipinski definition) is 1. The van der Waals surface area contributed by atoms with E-state index in [0.29, 0.717) is 0 Å². The largest absolute Gasteiger partial charge is 0.411 e. The van der Waals surface area contributed by atoms with Crippen LogP contribution < -0.4 is 0 Å². The summed E-state index contributed by atoms with van der Waals surface area (Å²) in [7, 11) is 0. The van der Waals surface area contributed by atoms with Gasteiger partial charge >= 0.3 is 0 Å². The summed E-state index contributed by atoms with van der Waals surface area (Å²) < 4.78 is 0. The van der Waals surface area contributed by atoms with Crippen LogP contribution in [0.3, 0.4) is 0 Å². The first-order valence-electron chi connectivity index (χ1n) is 4.89. The summed E-state index contributed by atoms with van der Waals surface area (Å²) in [6.45, 7) is 8.17. The average Bonchev–Trinajstić information content (AvgIpc) is 2.10. The van der Waals surface area contributed by atoms with Crippen LogP contribution in [0.1, 0.15) is 35.6 Å². The van der Waals surface area contributed by atoms with Gasteiger partial charge in [0.15, 0.2) is 0 Å². The van der Waals surface area contributed by atoms with Crippen molar-refractivity contribution in [2.45, 2.75) is 34.1 Å². The lowest BCUT2D eigenvalue weighted by atomic mass is 9.95. The normalized spacial score (nSPS) is 11.9. The number of nitrogens with zero attached hydrogens (tertiary/aromatic N) is 1. The van der Waals surface area contributed by atoms with E-state index in [0.717, 1.165) is 17.7 Å². The average molecular weight is 191 g/mol. The second kappa shape index (κ2) is 4.27. The molecule has 0 aliphatic heterocycles. The first kappa shape index (κ1) is 10.8. The fraction of sp³-hybridized carbons (Fsp3) is 0.417. The van der Waals surface area contributed by atoms with Crippen LogP contribution >= 0.6 is 0 Å². The van der Waals surface area contributed by atoms with E-state index in [1.54, 1.807) is 0 Å². The Morgan fingerprint density at radius 1 is 1.21 bits per heavy atom. The molecule has 14 heavy (non-hydrogen) atoms. The Morgan fingerprint density at radius 3 is 2.07 bits per heavy atom. The Hall–Kier alpha value is -1.31. The lowest BCUT2D eigenvalue weighted by Crippen LogP contribution is -2.05. The van der Waals surface area contributed by atoms with E-state index in [1.165, 1.54) is 16.7 Å². The van der Waals surface area contributed by atoms with Gasteiger partial charge in [-0.05, 0) is 38.3 Å². The predicted molar refractivity (Wildman–Crippen MR) is 59.3 cm³/mol. The maximum absolute atomic E-state index is 8.89. The van der Waals surface area contributed by atoms with Crippen molar-refractivity contribution in [2.24, 2.45) is 5.16 Å². The second-order valence-electron chi connectivity index (χ2n) is 3.67. The van der Waals surface area contributed by atoms with E-state index < -0.39 is 0 Å². The summed E-state index contributed by atoms with van der Waals surface area (Å²) in [6.07, 6.45) is 0.751. The summed E-state index contributed by atoms with van der Waals surface area (Å²) >= 11 is 0. The van der Waals surface area contributed by atoms with Crippen LogP contribution in [0.5, 0.6) is 0 Å². The van der Waals surface area contributed by atoms with Crippen molar-refractivity contribution in [2.75, 3.05) is 0 Å². The van der Waals surface area contributed by atoms with Gasteiger partial charge in [-0.2, -0.15) is 0 Å². The minimum Gasteiger partial charge on any atom is -0.411 e. The molecule has 76 valence electrons. The topological polar surface area (TPSA) is 32.6 Å². The number of oxime groups is 1. The van der Waals surface area contributed by atoms with Gasteiger partial charge in [0.25, 0.3) is 0 Å². The van der Waals surface area contributed by atoms with Gasteiger partial charge in [-0.1, -0.05) is 29.8 Å². The molecule has 1 aromatic rings. The van der Waals surface area contributed by atoms with Crippen LogP contribution in [0.4, 0.5) is 0 Å². The Labute approximate surface area is 85.3 Å². The summed E-state index contributed by atoms with van der Waals surface area (Å²) in [5, 5.41) is 12.2. The fourth-order valence-electron chi connectivity index (χ4n) is 1.93. The molecular formula is C12H17NO. The van der Waals surface area contributed by atoms with E-state index >= 15 is 0 Å². The van der Waals surface area contributed by atoms with Gasteiger partial charge in [-0.15, -0.1) is 0 Å². The van der Waals surface area contributed by atoms with Crippen molar-refractivity contribution in [1.82, 2.24) is 0 Å². The third kappa shape index (κ3) is 1.95. The van der Waals surface area contributed by atoms with Crippen molar-refractivity contribution in [3.8, 4) is 0 Å². The summed E-state index contributed by atoms with van der Waals surface area (Å²) in [5.74, 6) is 0. The second-order valence-corrected chi connectivity index (χ2v) is 3.67. The summed E-state index contributed by atoms with van der Waals surface area (Å²) in [6, 6.07) is 4.23. The third-order valence-corrected chi connectivity index (χ3v) is 2.42. The minimum absolute atomic E-state index is 0.751. The maximum atomic E-state index is 8.89. The molecule has 0 atom stereocenters. The molecule has 0 heterocycles. The molecule has 1 N–H and O–H groups in total. The van der Waals surface area contributed by atoms with Gasteiger partial charge in [0.2, 0.25) is 0 Å². The molecule has 0 saturated carbocycles. The van der Waals surface area contributed by atoms with Gasteiger partial charge in [-0.3, -0.25) is 0 Å². The number of benzene rings is 1. The van der Waals surface area contributed by atoms with Crippen molar-refractivity contribution < 1.29 is 5.21 Å². The predicted octanol–water partition coefficient (Wildman–Crippen LogP) is 3.20. The van der Waals surface area contributed by atoms with E-state index in [-0.39, 0.29) is 0 Å². The molecule has 0 aliphatic carbocycles. The van der Waals surface area contributed by atoms with Crippen molar-refractivity contribution in [3.05, 3.63) is 34.4 Å². The molecule has 0 bridgehead atoms. The SMILES string of the molecule is CC/C(=N\O)c1c(C)cc(C)cc1C. The lowest BCUT2D eigenvalue weighted by Gasteiger charge is -2.11. The molecule has 0 radical (unpaired) electrons. The van der Waals surface area contributed by atoms with Crippen LogP contribution in [-0.2, 0) is 0 Å². The molecule has 0 fully saturated rings. The molecule has 1 aromatic carbocycles. The number of rotatable bonds is 2. The lowest BCUT2D eigenvalue weighted by molar-refractivity contribution is 0.318. The highest BCUT2D eigenvalue weighted by Gasteiger charge is 2.09. The summed E-state index contributed by atoms with van der Waals surface area (Å²) in [5.41, 5.74) is 5.45. The molecule has 0 aromatic heterocycles. The zero-order chi connectivity index (χ0) is 10.7. The number of aryl methyl sites for hydroxylation is 3. The molecular weight excluding hydrogens is 174 g/mol. The van der Waals surface area contributed by atoms with E-state index in [4.69, 9.17) is 5.21 Å². The van der Waals surface area contributed by atoms with Crippen molar-refractivity contribution >= 4 is 5.71 Å². The Kier molecular flexibility index (Phi) is 3.28. The maximum Gasteiger partial charge on any atom is 0.0870 e. The Balaban J connectivity index is 3.34. The first-order chi connectivity index (χ1) is 6.60. The van der Waals surface area contributed by atoms with Gasteiger partial charge in [0.1, 0.15) is 0 Å². The molecule has 2 nitrogen and oxygen atoms in total. The molecule has 0 unspecified atom stereocenters. The zero-order valence-electron chi connectivity index (χ0n) is 9.26.